The lowest BCUT2D eigenvalue weighted by molar-refractivity contribution is -0.194. The number of ketones is 1. The van der Waals surface area contributed by atoms with Crippen molar-refractivity contribution in [3.63, 3.8) is 0 Å². The molecule has 8 heteroatoms. The molecule has 0 bridgehead atoms. The van der Waals surface area contributed by atoms with Crippen LogP contribution in [-0.2, 0) is 33.4 Å². The van der Waals surface area contributed by atoms with Crippen LogP contribution in [0, 0.1) is 29.1 Å². The molecule has 7 atom stereocenters. The van der Waals surface area contributed by atoms with Crippen molar-refractivity contribution in [3.05, 3.63) is 24.2 Å². The molecular formula is C22H26O8. The minimum Gasteiger partial charge on any atom is -0.472 e. The third-order valence-electron chi connectivity index (χ3n) is 7.28. The number of rotatable bonds is 3. The first-order valence-electron chi connectivity index (χ1n) is 10.3. The van der Waals surface area contributed by atoms with E-state index in [1.54, 1.807) is 6.07 Å². The van der Waals surface area contributed by atoms with Gasteiger partial charge in [0.15, 0.2) is 11.9 Å². The van der Waals surface area contributed by atoms with Crippen molar-refractivity contribution in [3.8, 4) is 0 Å². The maximum absolute atomic E-state index is 13.5. The van der Waals surface area contributed by atoms with Gasteiger partial charge >= 0.3 is 17.9 Å². The molecule has 2 saturated carbocycles. The highest BCUT2D eigenvalue weighted by Crippen LogP contribution is 2.59. The van der Waals surface area contributed by atoms with Crippen LogP contribution in [0.25, 0.3) is 0 Å². The summed E-state index contributed by atoms with van der Waals surface area (Å²) in [6.07, 6.45) is 3.11. The summed E-state index contributed by atoms with van der Waals surface area (Å²) in [7, 11) is 1.32. The molecule has 1 aliphatic heterocycles. The molecule has 0 N–H and O–H groups in total. The lowest BCUT2D eigenvalue weighted by Crippen LogP contribution is -2.61. The van der Waals surface area contributed by atoms with Gasteiger partial charge in [0.25, 0.3) is 0 Å². The van der Waals surface area contributed by atoms with Crippen molar-refractivity contribution < 1.29 is 37.8 Å². The molecule has 0 aromatic carbocycles. The van der Waals surface area contributed by atoms with Crippen LogP contribution in [-0.4, -0.2) is 36.9 Å². The van der Waals surface area contributed by atoms with E-state index < -0.39 is 47.3 Å². The first-order chi connectivity index (χ1) is 14.3. The second-order valence-corrected chi connectivity index (χ2v) is 8.82. The Labute approximate surface area is 174 Å². The highest BCUT2D eigenvalue weighted by atomic mass is 16.6. The van der Waals surface area contributed by atoms with Crippen LogP contribution < -0.4 is 0 Å². The molecule has 1 saturated heterocycles. The Hall–Kier alpha value is -2.64. The number of furan rings is 1. The molecule has 3 aliphatic rings. The molecule has 8 nitrogen and oxygen atoms in total. The maximum atomic E-state index is 13.5. The third-order valence-corrected chi connectivity index (χ3v) is 7.28. The summed E-state index contributed by atoms with van der Waals surface area (Å²) >= 11 is 0. The van der Waals surface area contributed by atoms with E-state index in [1.807, 2.05) is 6.92 Å². The number of fused-ring (bicyclic) bond motifs is 3. The lowest BCUT2D eigenvalue weighted by Gasteiger charge is -2.56. The number of methoxy groups -OCH3 is 1. The van der Waals surface area contributed by atoms with E-state index in [2.05, 4.69) is 0 Å². The molecule has 0 spiro atoms. The Balaban J connectivity index is 1.73. The number of carbonyl (C=O) groups is 4. The van der Waals surface area contributed by atoms with Crippen molar-refractivity contribution in [2.24, 2.45) is 29.1 Å². The van der Waals surface area contributed by atoms with E-state index in [-0.39, 0.29) is 24.1 Å². The van der Waals surface area contributed by atoms with Crippen molar-refractivity contribution in [1.82, 2.24) is 0 Å². The summed E-state index contributed by atoms with van der Waals surface area (Å²) < 4.78 is 21.1. The summed E-state index contributed by atoms with van der Waals surface area (Å²) in [5.74, 6) is -3.50. The summed E-state index contributed by atoms with van der Waals surface area (Å²) in [6.45, 7) is 3.16. The van der Waals surface area contributed by atoms with Crippen LogP contribution in [0.15, 0.2) is 23.0 Å². The largest absolute Gasteiger partial charge is 0.472 e. The SMILES string of the molecule is COC(=O)[C@@H]1C[C@H](OC(C)=O)C(=O)[C@@H]2[C@H]3C[C@H](c4ccoc4)OC(=O)[C@@H]3CC[C@]21C. The molecule has 4 rings (SSSR count). The number of Topliss-reactive ketones (excluding diaryl/α,β-unsaturated/α-hetero) is 1. The fraction of sp³-hybridized carbons (Fsp3) is 0.636. The summed E-state index contributed by atoms with van der Waals surface area (Å²) in [6, 6.07) is 1.74. The normalized spacial score (nSPS) is 38.1. The average Bonchev–Trinajstić information content (AvgIpc) is 3.23. The fourth-order valence-electron chi connectivity index (χ4n) is 5.88. The van der Waals surface area contributed by atoms with Crippen molar-refractivity contribution in [1.29, 1.82) is 0 Å². The van der Waals surface area contributed by atoms with E-state index in [0.29, 0.717) is 19.3 Å². The van der Waals surface area contributed by atoms with Crippen molar-refractivity contribution in [2.45, 2.75) is 51.7 Å². The molecule has 3 fully saturated rings. The van der Waals surface area contributed by atoms with E-state index in [1.165, 1.54) is 26.6 Å². The summed E-state index contributed by atoms with van der Waals surface area (Å²) in [4.78, 5) is 50.6. The highest BCUT2D eigenvalue weighted by Gasteiger charge is 2.63. The number of esters is 3. The van der Waals surface area contributed by atoms with Gasteiger partial charge in [0.05, 0.1) is 31.5 Å². The van der Waals surface area contributed by atoms with Gasteiger partial charge in [-0.15, -0.1) is 0 Å². The second kappa shape index (κ2) is 7.56. The van der Waals surface area contributed by atoms with Crippen LogP contribution in [0.5, 0.6) is 0 Å². The van der Waals surface area contributed by atoms with Crippen LogP contribution >= 0.6 is 0 Å². The van der Waals surface area contributed by atoms with Crippen molar-refractivity contribution in [2.75, 3.05) is 7.11 Å². The van der Waals surface area contributed by atoms with E-state index >= 15 is 0 Å². The highest BCUT2D eigenvalue weighted by molar-refractivity contribution is 5.92. The molecule has 2 heterocycles. The van der Waals surface area contributed by atoms with E-state index in [4.69, 9.17) is 18.6 Å². The zero-order chi connectivity index (χ0) is 21.6. The minimum atomic E-state index is -1.02. The fourth-order valence-corrected chi connectivity index (χ4v) is 5.88. The van der Waals surface area contributed by atoms with Gasteiger partial charge < -0.3 is 18.6 Å². The monoisotopic (exact) mass is 418 g/mol. The van der Waals surface area contributed by atoms with Gasteiger partial charge in [-0.1, -0.05) is 6.92 Å². The molecular weight excluding hydrogens is 392 g/mol. The number of cyclic esters (lactones) is 1. The van der Waals surface area contributed by atoms with Gasteiger partial charge in [0.2, 0.25) is 0 Å². The zero-order valence-corrected chi connectivity index (χ0v) is 17.3. The number of hydrogen-bond donors (Lipinski definition) is 0. The number of carbonyl (C=O) groups excluding carboxylic acids is 4. The van der Waals surface area contributed by atoms with Crippen LogP contribution in [0.1, 0.15) is 51.2 Å². The third kappa shape index (κ3) is 3.22. The zero-order valence-electron chi connectivity index (χ0n) is 17.3. The molecule has 1 aromatic rings. The Morgan fingerprint density at radius 3 is 2.63 bits per heavy atom. The van der Waals surface area contributed by atoms with Gasteiger partial charge in [-0.05, 0) is 36.7 Å². The molecule has 0 unspecified atom stereocenters. The second-order valence-electron chi connectivity index (χ2n) is 8.82. The van der Waals surface area contributed by atoms with Gasteiger partial charge in [-0.3, -0.25) is 19.2 Å². The first kappa shape index (κ1) is 20.6. The summed E-state index contributed by atoms with van der Waals surface area (Å²) in [5, 5.41) is 0. The predicted molar refractivity (Wildman–Crippen MR) is 101 cm³/mol. The minimum absolute atomic E-state index is 0.102. The Morgan fingerprint density at radius 2 is 2.00 bits per heavy atom. The Kier molecular flexibility index (Phi) is 5.20. The first-order valence-corrected chi connectivity index (χ1v) is 10.3. The van der Waals surface area contributed by atoms with Gasteiger partial charge in [-0.2, -0.15) is 0 Å². The quantitative estimate of drug-likeness (QED) is 0.544. The molecule has 162 valence electrons. The van der Waals surface area contributed by atoms with Crippen LogP contribution in [0.2, 0.25) is 0 Å². The Bertz CT molecular complexity index is 858. The molecule has 30 heavy (non-hydrogen) atoms. The van der Waals surface area contributed by atoms with Crippen LogP contribution in [0.3, 0.4) is 0 Å². The van der Waals surface area contributed by atoms with Crippen LogP contribution in [0.4, 0.5) is 0 Å². The number of hydrogen-bond acceptors (Lipinski definition) is 8. The lowest BCUT2D eigenvalue weighted by atomic mass is 9.48. The van der Waals surface area contributed by atoms with Crippen molar-refractivity contribution >= 4 is 23.7 Å². The predicted octanol–water partition coefficient (Wildman–Crippen LogP) is 2.61. The number of ether oxygens (including phenoxy) is 3. The average molecular weight is 418 g/mol. The van der Waals surface area contributed by atoms with E-state index in [9.17, 15) is 19.2 Å². The van der Waals surface area contributed by atoms with E-state index in [0.717, 1.165) is 5.56 Å². The standard InChI is InChI=1S/C22H26O8/c1-11(23)29-17-9-15(21(26)27-3)22(2)6-4-13-14(18(22)19(17)24)8-16(30-20(13)25)12-5-7-28-10-12/h5,7,10,13-18H,4,6,8-9H2,1-3H3/t13-,14+,15+,16-,17+,18+,22+/m1/s1. The molecule has 2 aliphatic carbocycles. The summed E-state index contributed by atoms with van der Waals surface area (Å²) in [5.41, 5.74) is 0.0546. The molecule has 0 amide bonds. The van der Waals surface area contributed by atoms with Gasteiger partial charge in [-0.25, -0.2) is 0 Å². The maximum Gasteiger partial charge on any atom is 0.309 e. The Morgan fingerprint density at radius 1 is 1.23 bits per heavy atom. The topological polar surface area (TPSA) is 109 Å². The van der Waals surface area contributed by atoms with Gasteiger partial charge in [0, 0.05) is 24.8 Å². The molecule has 0 radical (unpaired) electrons. The molecule has 1 aromatic heterocycles. The van der Waals surface area contributed by atoms with Gasteiger partial charge in [0.1, 0.15) is 6.10 Å². The smallest absolute Gasteiger partial charge is 0.309 e.